The summed E-state index contributed by atoms with van der Waals surface area (Å²) in [4.78, 5) is -0.0236. The molecule has 1 atom stereocenters. The van der Waals surface area contributed by atoms with Crippen molar-refractivity contribution in [2.24, 2.45) is 0 Å². The second-order valence-corrected chi connectivity index (χ2v) is 7.59. The van der Waals surface area contributed by atoms with Gasteiger partial charge in [0.2, 0.25) is 10.0 Å². The highest BCUT2D eigenvalue weighted by Gasteiger charge is 2.22. The molecule has 0 aliphatic carbocycles. The molecule has 2 N–H and O–H groups in total. The zero-order valence-electron chi connectivity index (χ0n) is 13.9. The zero-order valence-corrected chi connectivity index (χ0v) is 14.7. The van der Waals surface area contributed by atoms with Crippen LogP contribution in [0.3, 0.4) is 0 Å². The van der Waals surface area contributed by atoms with Crippen LogP contribution in [0.1, 0.15) is 70.3 Å². The molecule has 0 bridgehead atoms. The van der Waals surface area contributed by atoms with Gasteiger partial charge < -0.3 is 5.11 Å². The lowest BCUT2D eigenvalue weighted by atomic mass is 9.88. The van der Waals surface area contributed by atoms with E-state index in [1.54, 1.807) is 6.07 Å². The Morgan fingerprint density at radius 3 is 2.32 bits per heavy atom. The highest BCUT2D eigenvalue weighted by atomic mass is 32.2. The summed E-state index contributed by atoms with van der Waals surface area (Å²) in [5, 5.41) is 10.5. The van der Waals surface area contributed by atoms with E-state index in [2.05, 4.69) is 18.6 Å². The van der Waals surface area contributed by atoms with Gasteiger partial charge in [-0.2, -0.15) is 0 Å². The number of phenolic OH excluding ortho intramolecular Hbond substituents is 1. The molecule has 1 aromatic rings. The van der Waals surface area contributed by atoms with Gasteiger partial charge in [0.05, 0.1) is 0 Å². The summed E-state index contributed by atoms with van der Waals surface area (Å²) < 4.78 is 26.3. The molecule has 1 aromatic carbocycles. The number of benzene rings is 1. The third kappa shape index (κ3) is 4.99. The molecule has 0 aliphatic heterocycles. The number of hydrogen-bond donors (Lipinski definition) is 2. The molecule has 0 aliphatic rings. The van der Waals surface area contributed by atoms with E-state index in [9.17, 15) is 13.5 Å². The molecular weight excluding hydrogens is 298 g/mol. The molecule has 1 rings (SSSR count). The molecule has 0 saturated heterocycles. The van der Waals surface area contributed by atoms with Crippen LogP contribution in [-0.4, -0.2) is 20.6 Å². The van der Waals surface area contributed by atoms with E-state index in [-0.39, 0.29) is 16.6 Å². The Labute approximate surface area is 135 Å². The lowest BCUT2D eigenvalue weighted by Crippen LogP contribution is -2.19. The van der Waals surface area contributed by atoms with Crippen molar-refractivity contribution >= 4 is 10.0 Å². The molecule has 1 unspecified atom stereocenters. The molecule has 4 nitrogen and oxygen atoms in total. The summed E-state index contributed by atoms with van der Waals surface area (Å²) in [6.07, 6.45) is 7.58. The molecule has 0 heterocycles. The predicted molar refractivity (Wildman–Crippen MR) is 90.8 cm³/mol. The van der Waals surface area contributed by atoms with Crippen molar-refractivity contribution in [2.75, 3.05) is 7.05 Å². The van der Waals surface area contributed by atoms with E-state index in [4.69, 9.17) is 0 Å². The van der Waals surface area contributed by atoms with Crippen molar-refractivity contribution in [3.8, 4) is 5.75 Å². The minimum atomic E-state index is -3.63. The Kier molecular flexibility index (Phi) is 7.90. The van der Waals surface area contributed by atoms with Crippen LogP contribution in [0, 0.1) is 0 Å². The van der Waals surface area contributed by atoms with Gasteiger partial charge in [-0.3, -0.25) is 0 Å². The van der Waals surface area contributed by atoms with Crippen LogP contribution in [-0.2, 0) is 10.0 Å². The number of unbranched alkanes of at least 4 members (excludes halogenated alkanes) is 3. The van der Waals surface area contributed by atoms with Gasteiger partial charge in [0.25, 0.3) is 0 Å². The number of sulfonamides is 1. The quantitative estimate of drug-likeness (QED) is 0.634. The van der Waals surface area contributed by atoms with Gasteiger partial charge in [-0.05, 0) is 37.4 Å². The monoisotopic (exact) mass is 327 g/mol. The maximum absolute atomic E-state index is 12.0. The van der Waals surface area contributed by atoms with Crippen molar-refractivity contribution in [3.63, 3.8) is 0 Å². The molecule has 0 spiro atoms. The van der Waals surface area contributed by atoms with Gasteiger partial charge in [-0.25, -0.2) is 13.1 Å². The van der Waals surface area contributed by atoms with Crippen LogP contribution in [0.4, 0.5) is 0 Å². The SMILES string of the molecule is CCCCCC(CCCC)c1cccc(S(=O)(=O)NC)c1O. The first-order chi connectivity index (χ1) is 10.5. The summed E-state index contributed by atoms with van der Waals surface area (Å²) in [7, 11) is -2.27. The number of nitrogens with one attached hydrogen (secondary N) is 1. The molecule has 0 fully saturated rings. The van der Waals surface area contributed by atoms with Gasteiger partial charge in [0.1, 0.15) is 10.6 Å². The number of phenols is 1. The van der Waals surface area contributed by atoms with Crippen LogP contribution >= 0.6 is 0 Å². The van der Waals surface area contributed by atoms with Crippen molar-refractivity contribution in [1.29, 1.82) is 0 Å². The van der Waals surface area contributed by atoms with Crippen LogP contribution < -0.4 is 4.72 Å². The maximum Gasteiger partial charge on any atom is 0.243 e. The Balaban J connectivity index is 3.10. The number of para-hydroxylation sites is 1. The average Bonchev–Trinajstić information content (AvgIpc) is 2.51. The topological polar surface area (TPSA) is 66.4 Å². The number of hydrogen-bond acceptors (Lipinski definition) is 3. The van der Waals surface area contributed by atoms with Gasteiger partial charge in [0.15, 0.2) is 0 Å². The third-order valence-electron chi connectivity index (χ3n) is 4.09. The molecule has 0 saturated carbocycles. The second-order valence-electron chi connectivity index (χ2n) is 5.74. The van der Waals surface area contributed by atoms with E-state index in [1.165, 1.54) is 13.1 Å². The summed E-state index contributed by atoms with van der Waals surface area (Å²) in [6, 6.07) is 5.03. The fourth-order valence-electron chi connectivity index (χ4n) is 2.74. The second kappa shape index (κ2) is 9.16. The Bertz CT molecular complexity index is 555. The Hall–Kier alpha value is -1.07. The molecule has 5 heteroatoms. The maximum atomic E-state index is 12.0. The minimum Gasteiger partial charge on any atom is -0.506 e. The molecule has 126 valence electrons. The molecule has 0 amide bonds. The molecule has 0 aromatic heterocycles. The van der Waals surface area contributed by atoms with Crippen molar-refractivity contribution in [2.45, 2.75) is 69.6 Å². The fourth-order valence-corrected chi connectivity index (χ4v) is 3.59. The van der Waals surface area contributed by atoms with Crippen LogP contribution in [0.5, 0.6) is 5.75 Å². The first kappa shape index (κ1) is 19.0. The summed E-state index contributed by atoms with van der Waals surface area (Å²) in [5.74, 6) is 0.132. The first-order valence-electron chi connectivity index (χ1n) is 8.23. The van der Waals surface area contributed by atoms with E-state index in [0.717, 1.165) is 50.5 Å². The first-order valence-corrected chi connectivity index (χ1v) is 9.71. The summed E-state index contributed by atoms with van der Waals surface area (Å²) >= 11 is 0. The molecular formula is C17H29NO3S. The fraction of sp³-hybridized carbons (Fsp3) is 0.647. The number of aromatic hydroxyl groups is 1. The smallest absolute Gasteiger partial charge is 0.243 e. The van der Waals surface area contributed by atoms with Crippen molar-refractivity contribution < 1.29 is 13.5 Å². The van der Waals surface area contributed by atoms with E-state index in [0.29, 0.717) is 0 Å². The van der Waals surface area contributed by atoms with E-state index >= 15 is 0 Å². The summed E-state index contributed by atoms with van der Waals surface area (Å²) in [6.45, 7) is 4.31. The van der Waals surface area contributed by atoms with E-state index < -0.39 is 10.0 Å². The standard InChI is InChI=1S/C17H29NO3S/c1-4-6-8-11-14(10-7-5-2)15-12-9-13-16(17(15)19)22(20,21)18-3/h9,12-14,18-19H,4-8,10-11H2,1-3H3. The normalized spacial score (nSPS) is 13.2. The van der Waals surface area contributed by atoms with E-state index in [1.807, 2.05) is 6.07 Å². The highest BCUT2D eigenvalue weighted by molar-refractivity contribution is 7.89. The van der Waals surface area contributed by atoms with Gasteiger partial charge >= 0.3 is 0 Å². The zero-order chi connectivity index (χ0) is 16.6. The molecule has 22 heavy (non-hydrogen) atoms. The molecule has 0 radical (unpaired) electrons. The Morgan fingerprint density at radius 2 is 1.73 bits per heavy atom. The van der Waals surface area contributed by atoms with Crippen LogP contribution in [0.15, 0.2) is 23.1 Å². The third-order valence-corrected chi connectivity index (χ3v) is 5.54. The van der Waals surface area contributed by atoms with Gasteiger partial charge in [0, 0.05) is 0 Å². The highest BCUT2D eigenvalue weighted by Crippen LogP contribution is 2.37. The van der Waals surface area contributed by atoms with Crippen LogP contribution in [0.25, 0.3) is 0 Å². The van der Waals surface area contributed by atoms with Gasteiger partial charge in [-0.1, -0.05) is 58.1 Å². The Morgan fingerprint density at radius 1 is 1.09 bits per heavy atom. The minimum absolute atomic E-state index is 0.0236. The van der Waals surface area contributed by atoms with Crippen LogP contribution in [0.2, 0.25) is 0 Å². The average molecular weight is 327 g/mol. The lowest BCUT2D eigenvalue weighted by molar-refractivity contribution is 0.430. The predicted octanol–water partition coefficient (Wildman–Crippen LogP) is 4.15. The van der Waals surface area contributed by atoms with Crippen molar-refractivity contribution in [3.05, 3.63) is 23.8 Å². The summed E-state index contributed by atoms with van der Waals surface area (Å²) in [5.41, 5.74) is 0.765. The number of rotatable bonds is 10. The largest absolute Gasteiger partial charge is 0.506 e. The van der Waals surface area contributed by atoms with Crippen molar-refractivity contribution in [1.82, 2.24) is 4.72 Å². The van der Waals surface area contributed by atoms with Gasteiger partial charge in [-0.15, -0.1) is 0 Å². The lowest BCUT2D eigenvalue weighted by Gasteiger charge is -2.20.